The van der Waals surface area contributed by atoms with Crippen molar-refractivity contribution in [3.63, 3.8) is 0 Å². The molecule has 1 heterocycles. The second-order valence-corrected chi connectivity index (χ2v) is 6.26. The molecule has 0 spiro atoms. The average molecular weight is 322 g/mol. The minimum absolute atomic E-state index is 0.0748. The number of likely N-dealkylation sites (tertiary alicyclic amines) is 1. The molecule has 0 radical (unpaired) electrons. The van der Waals surface area contributed by atoms with Crippen LogP contribution in [0.5, 0.6) is 0 Å². The van der Waals surface area contributed by atoms with Crippen LogP contribution in [0.4, 0.5) is 5.69 Å². The molecule has 1 aliphatic heterocycles. The summed E-state index contributed by atoms with van der Waals surface area (Å²) in [5.74, 6) is 0.724. The van der Waals surface area contributed by atoms with E-state index in [1.165, 1.54) is 5.56 Å². The minimum Gasteiger partial charge on any atom is -0.339 e. The van der Waals surface area contributed by atoms with Gasteiger partial charge in [0.1, 0.15) is 0 Å². The summed E-state index contributed by atoms with van der Waals surface area (Å²) >= 11 is 0. The molecular weight excluding hydrogens is 300 g/mol. The van der Waals surface area contributed by atoms with Crippen LogP contribution >= 0.6 is 0 Å². The highest BCUT2D eigenvalue weighted by atomic mass is 16.2. The maximum absolute atomic E-state index is 12.6. The van der Waals surface area contributed by atoms with Gasteiger partial charge in [-0.2, -0.15) is 0 Å². The summed E-state index contributed by atoms with van der Waals surface area (Å²) in [6.45, 7) is 1.62. The summed E-state index contributed by atoms with van der Waals surface area (Å²) in [7, 11) is 0. The van der Waals surface area contributed by atoms with E-state index < -0.39 is 0 Å². The van der Waals surface area contributed by atoms with E-state index in [1.54, 1.807) is 24.3 Å². The number of carbonyl (C=O) groups is 2. The fourth-order valence-electron chi connectivity index (χ4n) is 3.25. The second kappa shape index (κ2) is 7.77. The van der Waals surface area contributed by atoms with Crippen molar-refractivity contribution in [2.45, 2.75) is 19.3 Å². The zero-order valence-electron chi connectivity index (χ0n) is 13.7. The van der Waals surface area contributed by atoms with Crippen molar-refractivity contribution >= 4 is 18.0 Å². The maximum atomic E-state index is 12.6. The van der Waals surface area contributed by atoms with Crippen molar-refractivity contribution in [1.82, 2.24) is 4.90 Å². The fraction of sp³-hybridized carbons (Fsp3) is 0.300. The number of nitrogens with one attached hydrogen (secondary N) is 1. The zero-order chi connectivity index (χ0) is 16.8. The molecule has 0 unspecified atom stereocenters. The first-order valence-electron chi connectivity index (χ1n) is 8.39. The number of rotatable bonds is 5. The molecule has 3 rings (SSSR count). The summed E-state index contributed by atoms with van der Waals surface area (Å²) in [6.07, 6.45) is 3.82. The van der Waals surface area contributed by atoms with Crippen molar-refractivity contribution in [3.05, 3.63) is 65.7 Å². The minimum atomic E-state index is 0.0748. The van der Waals surface area contributed by atoms with Gasteiger partial charge in [0.05, 0.1) is 0 Å². The Balaban J connectivity index is 1.54. The van der Waals surface area contributed by atoms with Gasteiger partial charge in [-0.25, -0.2) is 0 Å². The molecular formula is C20H22N2O2. The normalized spacial score (nSPS) is 15.1. The van der Waals surface area contributed by atoms with E-state index in [2.05, 4.69) is 29.6 Å². The molecule has 124 valence electrons. The highest BCUT2D eigenvalue weighted by molar-refractivity contribution is 5.94. The Labute approximate surface area is 142 Å². The average Bonchev–Trinajstić information content (AvgIpc) is 2.64. The number of benzene rings is 2. The maximum Gasteiger partial charge on any atom is 0.253 e. The van der Waals surface area contributed by atoms with Crippen LogP contribution in [-0.4, -0.2) is 30.3 Å². The Bertz CT molecular complexity index is 675. The Morgan fingerprint density at radius 3 is 2.33 bits per heavy atom. The number of anilines is 1. The molecule has 0 aliphatic carbocycles. The van der Waals surface area contributed by atoms with Crippen molar-refractivity contribution in [2.24, 2.45) is 5.92 Å². The number of hydrogen-bond acceptors (Lipinski definition) is 2. The molecule has 4 nitrogen and oxygen atoms in total. The topological polar surface area (TPSA) is 49.4 Å². The monoisotopic (exact) mass is 322 g/mol. The first-order valence-corrected chi connectivity index (χ1v) is 8.39. The van der Waals surface area contributed by atoms with Crippen LogP contribution < -0.4 is 5.32 Å². The third-order valence-electron chi connectivity index (χ3n) is 4.63. The smallest absolute Gasteiger partial charge is 0.253 e. The van der Waals surface area contributed by atoms with Crippen molar-refractivity contribution in [3.8, 4) is 0 Å². The Morgan fingerprint density at radius 1 is 1.04 bits per heavy atom. The van der Waals surface area contributed by atoms with Gasteiger partial charge in [-0.15, -0.1) is 0 Å². The van der Waals surface area contributed by atoms with Crippen LogP contribution in [0, 0.1) is 5.92 Å². The van der Waals surface area contributed by atoms with Crippen LogP contribution in [-0.2, 0) is 11.2 Å². The number of nitrogens with zero attached hydrogens (tertiary/aromatic N) is 1. The summed E-state index contributed by atoms with van der Waals surface area (Å²) in [4.78, 5) is 24.9. The molecule has 2 amide bonds. The van der Waals surface area contributed by atoms with E-state index in [4.69, 9.17) is 0 Å². The van der Waals surface area contributed by atoms with E-state index in [0.29, 0.717) is 23.6 Å². The van der Waals surface area contributed by atoms with Gasteiger partial charge in [-0.05, 0) is 55.0 Å². The lowest BCUT2D eigenvalue weighted by atomic mass is 9.90. The van der Waals surface area contributed by atoms with Gasteiger partial charge in [-0.1, -0.05) is 30.3 Å². The predicted octanol–water partition coefficient (Wildman–Crippen LogP) is 3.35. The van der Waals surface area contributed by atoms with E-state index >= 15 is 0 Å². The van der Waals surface area contributed by atoms with Crippen molar-refractivity contribution < 1.29 is 9.59 Å². The van der Waals surface area contributed by atoms with Gasteiger partial charge in [0.15, 0.2) is 0 Å². The molecule has 1 N–H and O–H groups in total. The Morgan fingerprint density at radius 2 is 1.71 bits per heavy atom. The Hall–Kier alpha value is -2.62. The SMILES string of the molecule is O=CNc1ccc(C(=O)N2CCC(Cc3ccccc3)CC2)cc1. The van der Waals surface area contributed by atoms with E-state index in [1.807, 2.05) is 11.0 Å². The molecule has 0 saturated carbocycles. The lowest BCUT2D eigenvalue weighted by molar-refractivity contribution is -0.105. The molecule has 1 fully saturated rings. The van der Waals surface area contributed by atoms with Gasteiger partial charge in [0.25, 0.3) is 5.91 Å². The molecule has 0 atom stereocenters. The van der Waals surface area contributed by atoms with Gasteiger partial charge in [0.2, 0.25) is 6.41 Å². The lowest BCUT2D eigenvalue weighted by Gasteiger charge is -2.32. The third kappa shape index (κ3) is 4.02. The largest absolute Gasteiger partial charge is 0.339 e. The van der Waals surface area contributed by atoms with Crippen LogP contribution in [0.3, 0.4) is 0 Å². The van der Waals surface area contributed by atoms with Gasteiger partial charge >= 0.3 is 0 Å². The fourth-order valence-corrected chi connectivity index (χ4v) is 3.25. The molecule has 2 aromatic rings. The number of hydrogen-bond donors (Lipinski definition) is 1. The molecule has 0 aromatic heterocycles. The van der Waals surface area contributed by atoms with Crippen LogP contribution in [0.1, 0.15) is 28.8 Å². The number of piperidine rings is 1. The van der Waals surface area contributed by atoms with Crippen LogP contribution in [0.2, 0.25) is 0 Å². The van der Waals surface area contributed by atoms with Gasteiger partial charge in [-0.3, -0.25) is 9.59 Å². The predicted molar refractivity (Wildman–Crippen MR) is 94.9 cm³/mol. The lowest BCUT2D eigenvalue weighted by Crippen LogP contribution is -2.38. The molecule has 1 aliphatic rings. The summed E-state index contributed by atoms with van der Waals surface area (Å²) < 4.78 is 0. The van der Waals surface area contributed by atoms with Gasteiger partial charge < -0.3 is 10.2 Å². The van der Waals surface area contributed by atoms with Crippen molar-refractivity contribution in [1.29, 1.82) is 0 Å². The first-order chi connectivity index (χ1) is 11.8. The van der Waals surface area contributed by atoms with Crippen molar-refractivity contribution in [2.75, 3.05) is 18.4 Å². The number of amides is 2. The Kier molecular flexibility index (Phi) is 5.26. The molecule has 24 heavy (non-hydrogen) atoms. The van der Waals surface area contributed by atoms with E-state index in [9.17, 15) is 9.59 Å². The first kappa shape index (κ1) is 16.2. The summed E-state index contributed by atoms with van der Waals surface area (Å²) in [5.41, 5.74) is 2.75. The second-order valence-electron chi connectivity index (χ2n) is 6.26. The molecule has 1 saturated heterocycles. The summed E-state index contributed by atoms with van der Waals surface area (Å²) in [6, 6.07) is 17.6. The molecule has 2 aromatic carbocycles. The van der Waals surface area contributed by atoms with E-state index in [-0.39, 0.29) is 5.91 Å². The van der Waals surface area contributed by atoms with E-state index in [0.717, 1.165) is 32.4 Å². The number of carbonyl (C=O) groups excluding carboxylic acids is 2. The standard InChI is InChI=1S/C20H22N2O2/c23-15-21-19-8-6-18(7-9-19)20(24)22-12-10-17(11-13-22)14-16-4-2-1-3-5-16/h1-9,15,17H,10-14H2,(H,21,23). The third-order valence-corrected chi connectivity index (χ3v) is 4.63. The highest BCUT2D eigenvalue weighted by Crippen LogP contribution is 2.23. The highest BCUT2D eigenvalue weighted by Gasteiger charge is 2.23. The van der Waals surface area contributed by atoms with Crippen LogP contribution in [0.15, 0.2) is 54.6 Å². The van der Waals surface area contributed by atoms with Crippen LogP contribution in [0.25, 0.3) is 0 Å². The summed E-state index contributed by atoms with van der Waals surface area (Å²) in [5, 5.41) is 2.58. The quantitative estimate of drug-likeness (QED) is 0.858. The van der Waals surface area contributed by atoms with Gasteiger partial charge in [0, 0.05) is 24.3 Å². The molecule has 0 bridgehead atoms. The molecule has 4 heteroatoms. The zero-order valence-corrected chi connectivity index (χ0v) is 13.7.